The van der Waals surface area contributed by atoms with Crippen molar-refractivity contribution >= 4 is 5.91 Å². The predicted molar refractivity (Wildman–Crippen MR) is 70.0 cm³/mol. The van der Waals surface area contributed by atoms with E-state index in [0.717, 1.165) is 12.1 Å². The van der Waals surface area contributed by atoms with E-state index >= 15 is 0 Å². The zero-order chi connectivity index (χ0) is 13.7. The Labute approximate surface area is 107 Å². The minimum atomic E-state index is -0.357. The van der Waals surface area contributed by atoms with Crippen LogP contribution in [0.1, 0.15) is 35.1 Å². The number of nitrogens with one attached hydrogen (secondary N) is 2. The van der Waals surface area contributed by atoms with Gasteiger partial charge in [0.05, 0.1) is 6.10 Å². The van der Waals surface area contributed by atoms with Gasteiger partial charge in [0.25, 0.3) is 5.91 Å². The smallest absolute Gasteiger partial charge is 0.257 e. The molecule has 18 heavy (non-hydrogen) atoms. The van der Waals surface area contributed by atoms with Crippen LogP contribution >= 0.6 is 0 Å². The van der Waals surface area contributed by atoms with Crippen LogP contribution < -0.4 is 10.7 Å². The Morgan fingerprint density at radius 2 is 2.17 bits per heavy atom. The van der Waals surface area contributed by atoms with Crippen LogP contribution in [-0.4, -0.2) is 30.6 Å². The summed E-state index contributed by atoms with van der Waals surface area (Å²) in [6, 6.07) is 1.43. The van der Waals surface area contributed by atoms with Gasteiger partial charge in [0, 0.05) is 31.1 Å². The summed E-state index contributed by atoms with van der Waals surface area (Å²) in [6.07, 6.45) is 0.777. The SMILES string of the molecule is CCC(CNC(=O)c1c(C)[nH]c(C)cc1=O)OC. The Morgan fingerprint density at radius 1 is 1.50 bits per heavy atom. The van der Waals surface area contributed by atoms with Crippen LogP contribution in [0, 0.1) is 13.8 Å². The third-order valence-corrected chi connectivity index (χ3v) is 2.86. The van der Waals surface area contributed by atoms with Gasteiger partial charge < -0.3 is 15.0 Å². The number of methoxy groups -OCH3 is 1. The lowest BCUT2D eigenvalue weighted by Crippen LogP contribution is -2.36. The van der Waals surface area contributed by atoms with Crippen molar-refractivity contribution in [3.8, 4) is 0 Å². The second-order valence-electron chi connectivity index (χ2n) is 4.29. The van der Waals surface area contributed by atoms with Gasteiger partial charge in [0.15, 0.2) is 5.43 Å². The van der Waals surface area contributed by atoms with E-state index in [1.54, 1.807) is 21.0 Å². The van der Waals surface area contributed by atoms with Gasteiger partial charge in [-0.25, -0.2) is 0 Å². The van der Waals surface area contributed by atoms with Crippen LogP contribution in [0.25, 0.3) is 0 Å². The first-order chi connectivity index (χ1) is 8.49. The van der Waals surface area contributed by atoms with Gasteiger partial charge >= 0.3 is 0 Å². The molecular weight excluding hydrogens is 232 g/mol. The molecule has 0 radical (unpaired) electrons. The molecule has 0 aliphatic carbocycles. The van der Waals surface area contributed by atoms with Gasteiger partial charge in [-0.05, 0) is 20.3 Å². The number of H-pyrrole nitrogens is 1. The van der Waals surface area contributed by atoms with Crippen molar-refractivity contribution in [1.82, 2.24) is 10.3 Å². The molecule has 100 valence electrons. The van der Waals surface area contributed by atoms with Crippen molar-refractivity contribution in [3.05, 3.63) is 33.2 Å². The van der Waals surface area contributed by atoms with E-state index in [1.165, 1.54) is 6.07 Å². The number of carbonyl (C=O) groups excluding carboxylic acids is 1. The number of rotatable bonds is 5. The van der Waals surface area contributed by atoms with Crippen molar-refractivity contribution in [2.45, 2.75) is 33.3 Å². The van der Waals surface area contributed by atoms with E-state index in [-0.39, 0.29) is 23.0 Å². The molecule has 5 heteroatoms. The van der Waals surface area contributed by atoms with Crippen LogP contribution in [0.5, 0.6) is 0 Å². The molecular formula is C13H20N2O3. The Hall–Kier alpha value is -1.62. The topological polar surface area (TPSA) is 71.2 Å². The van der Waals surface area contributed by atoms with Crippen molar-refractivity contribution in [2.24, 2.45) is 0 Å². The standard InChI is InChI=1S/C13H20N2O3/c1-5-10(18-4)7-14-13(17)12-9(3)15-8(2)6-11(12)16/h6,10H,5,7H2,1-4H3,(H,14,17)(H,15,16). The van der Waals surface area contributed by atoms with E-state index in [4.69, 9.17) is 4.74 Å². The first kappa shape index (κ1) is 14.4. The number of carbonyl (C=O) groups is 1. The van der Waals surface area contributed by atoms with Crippen molar-refractivity contribution in [3.63, 3.8) is 0 Å². The van der Waals surface area contributed by atoms with E-state index in [0.29, 0.717) is 12.2 Å². The van der Waals surface area contributed by atoms with Crippen molar-refractivity contribution in [1.29, 1.82) is 0 Å². The first-order valence-corrected chi connectivity index (χ1v) is 6.01. The highest BCUT2D eigenvalue weighted by Crippen LogP contribution is 2.01. The summed E-state index contributed by atoms with van der Waals surface area (Å²) in [6.45, 7) is 5.88. The number of aromatic amines is 1. The van der Waals surface area contributed by atoms with Crippen molar-refractivity contribution < 1.29 is 9.53 Å². The summed E-state index contributed by atoms with van der Waals surface area (Å²) >= 11 is 0. The predicted octanol–water partition coefficient (Wildman–Crippen LogP) is 1.15. The minimum Gasteiger partial charge on any atom is -0.380 e. The van der Waals surface area contributed by atoms with Gasteiger partial charge in [0.1, 0.15) is 5.56 Å². The second-order valence-corrected chi connectivity index (χ2v) is 4.29. The molecule has 0 aliphatic rings. The summed E-state index contributed by atoms with van der Waals surface area (Å²) < 4.78 is 5.16. The monoisotopic (exact) mass is 252 g/mol. The average molecular weight is 252 g/mol. The fourth-order valence-corrected chi connectivity index (χ4v) is 1.82. The zero-order valence-electron chi connectivity index (χ0n) is 11.3. The highest BCUT2D eigenvalue weighted by atomic mass is 16.5. The Bertz CT molecular complexity index is 476. The van der Waals surface area contributed by atoms with Crippen LogP contribution in [-0.2, 0) is 4.74 Å². The van der Waals surface area contributed by atoms with Crippen LogP contribution in [0.3, 0.4) is 0 Å². The maximum absolute atomic E-state index is 11.9. The quantitative estimate of drug-likeness (QED) is 0.825. The summed E-state index contributed by atoms with van der Waals surface area (Å²) in [4.78, 5) is 26.7. The van der Waals surface area contributed by atoms with E-state index in [9.17, 15) is 9.59 Å². The maximum Gasteiger partial charge on any atom is 0.257 e. The average Bonchev–Trinajstić information content (AvgIpc) is 2.28. The van der Waals surface area contributed by atoms with Gasteiger partial charge in [-0.3, -0.25) is 9.59 Å². The Balaban J connectivity index is 2.82. The molecule has 0 bridgehead atoms. The first-order valence-electron chi connectivity index (χ1n) is 6.01. The van der Waals surface area contributed by atoms with E-state index < -0.39 is 0 Å². The van der Waals surface area contributed by atoms with Gasteiger partial charge in [-0.15, -0.1) is 0 Å². The second kappa shape index (κ2) is 6.35. The molecule has 0 fully saturated rings. The summed E-state index contributed by atoms with van der Waals surface area (Å²) in [5.74, 6) is -0.357. The van der Waals surface area contributed by atoms with Gasteiger partial charge in [0.2, 0.25) is 0 Å². The van der Waals surface area contributed by atoms with Crippen molar-refractivity contribution in [2.75, 3.05) is 13.7 Å². The molecule has 1 heterocycles. The number of amides is 1. The summed E-state index contributed by atoms with van der Waals surface area (Å²) in [5.41, 5.74) is 1.25. The number of aromatic nitrogens is 1. The fraction of sp³-hybridized carbons (Fsp3) is 0.538. The van der Waals surface area contributed by atoms with Crippen LogP contribution in [0.2, 0.25) is 0 Å². The normalized spacial score (nSPS) is 12.2. The number of aryl methyl sites for hydroxylation is 2. The molecule has 1 aromatic heterocycles. The maximum atomic E-state index is 11.9. The molecule has 0 saturated carbocycles. The van der Waals surface area contributed by atoms with Crippen LogP contribution in [0.15, 0.2) is 10.9 Å². The van der Waals surface area contributed by atoms with Crippen LogP contribution in [0.4, 0.5) is 0 Å². The molecule has 0 spiro atoms. The van der Waals surface area contributed by atoms with Gasteiger partial charge in [-0.1, -0.05) is 6.92 Å². The lowest BCUT2D eigenvalue weighted by Gasteiger charge is -2.14. The Kier molecular flexibility index (Phi) is 5.09. The lowest BCUT2D eigenvalue weighted by molar-refractivity contribution is 0.0814. The summed E-state index contributed by atoms with van der Waals surface area (Å²) in [7, 11) is 1.60. The zero-order valence-corrected chi connectivity index (χ0v) is 11.3. The molecule has 1 aromatic rings. The molecule has 1 atom stereocenters. The fourth-order valence-electron chi connectivity index (χ4n) is 1.82. The molecule has 0 aliphatic heterocycles. The number of hydrogen-bond donors (Lipinski definition) is 2. The third-order valence-electron chi connectivity index (χ3n) is 2.86. The Morgan fingerprint density at radius 3 is 2.67 bits per heavy atom. The minimum absolute atomic E-state index is 0.0289. The van der Waals surface area contributed by atoms with Gasteiger partial charge in [-0.2, -0.15) is 0 Å². The molecule has 2 N–H and O–H groups in total. The molecule has 1 rings (SSSR count). The third kappa shape index (κ3) is 3.43. The molecule has 1 unspecified atom stereocenters. The van der Waals surface area contributed by atoms with E-state index in [1.807, 2.05) is 6.92 Å². The lowest BCUT2D eigenvalue weighted by atomic mass is 10.1. The number of pyridine rings is 1. The number of ether oxygens (including phenoxy) is 1. The highest BCUT2D eigenvalue weighted by Gasteiger charge is 2.15. The largest absolute Gasteiger partial charge is 0.380 e. The molecule has 0 aromatic carbocycles. The number of hydrogen-bond acceptors (Lipinski definition) is 3. The molecule has 1 amide bonds. The molecule has 5 nitrogen and oxygen atoms in total. The highest BCUT2D eigenvalue weighted by molar-refractivity contribution is 5.95. The van der Waals surface area contributed by atoms with E-state index in [2.05, 4.69) is 10.3 Å². The molecule has 0 saturated heterocycles. The summed E-state index contributed by atoms with van der Waals surface area (Å²) in [5, 5.41) is 2.72.